The van der Waals surface area contributed by atoms with Crippen LogP contribution in [0.25, 0.3) is 22.0 Å². The van der Waals surface area contributed by atoms with Crippen molar-refractivity contribution in [1.29, 1.82) is 5.26 Å². The van der Waals surface area contributed by atoms with Crippen LogP contribution >= 0.6 is 0 Å². The highest BCUT2D eigenvalue weighted by Crippen LogP contribution is 2.33. The molecule has 0 unspecified atom stereocenters. The van der Waals surface area contributed by atoms with Gasteiger partial charge in [0, 0.05) is 18.2 Å². The molecule has 7 heteroatoms. The molecule has 1 saturated carbocycles. The van der Waals surface area contributed by atoms with E-state index in [-0.39, 0.29) is 4.90 Å². The molecular weight excluding hydrogens is 372 g/mol. The summed E-state index contributed by atoms with van der Waals surface area (Å²) >= 11 is 0. The van der Waals surface area contributed by atoms with Gasteiger partial charge in [0.2, 0.25) is 0 Å². The molecule has 0 aliphatic heterocycles. The molecule has 0 bridgehead atoms. The van der Waals surface area contributed by atoms with Crippen LogP contribution in [-0.4, -0.2) is 31.4 Å². The molecule has 1 aliphatic rings. The Labute approximate surface area is 164 Å². The maximum atomic E-state index is 11.6. The lowest BCUT2D eigenvalue weighted by Crippen LogP contribution is -2.07. The molecule has 2 aromatic carbocycles. The van der Waals surface area contributed by atoms with E-state index in [0.717, 1.165) is 41.1 Å². The molecule has 3 aromatic rings. The maximum absolute atomic E-state index is 11.6. The zero-order valence-electron chi connectivity index (χ0n) is 15.5. The Morgan fingerprint density at radius 1 is 1.11 bits per heavy atom. The molecule has 142 valence electrons. The van der Waals surface area contributed by atoms with Crippen molar-refractivity contribution < 1.29 is 8.42 Å². The minimum absolute atomic E-state index is 0.289. The zero-order chi connectivity index (χ0) is 19.7. The van der Waals surface area contributed by atoms with Gasteiger partial charge in [0.15, 0.2) is 15.5 Å². The molecule has 28 heavy (non-hydrogen) atoms. The van der Waals surface area contributed by atoms with E-state index in [1.807, 2.05) is 18.2 Å². The van der Waals surface area contributed by atoms with E-state index in [0.29, 0.717) is 11.2 Å². The predicted molar refractivity (Wildman–Crippen MR) is 109 cm³/mol. The minimum atomic E-state index is -3.22. The largest absolute Gasteiger partial charge is 0.382 e. The monoisotopic (exact) mass is 392 g/mol. The van der Waals surface area contributed by atoms with E-state index in [9.17, 15) is 13.7 Å². The summed E-state index contributed by atoms with van der Waals surface area (Å²) in [7, 11) is -3.22. The number of hydrogen-bond acceptors (Lipinski definition) is 6. The van der Waals surface area contributed by atoms with Crippen LogP contribution in [0.15, 0.2) is 47.4 Å². The molecule has 4 rings (SSSR count). The average Bonchev–Trinajstić information content (AvgIpc) is 3.51. The second kappa shape index (κ2) is 7.21. The van der Waals surface area contributed by atoms with Crippen molar-refractivity contribution in [2.75, 3.05) is 18.1 Å². The molecule has 0 spiro atoms. The summed E-state index contributed by atoms with van der Waals surface area (Å²) < 4.78 is 23.3. The van der Waals surface area contributed by atoms with Gasteiger partial charge >= 0.3 is 0 Å². The van der Waals surface area contributed by atoms with Crippen LogP contribution in [0.4, 0.5) is 5.69 Å². The SMILES string of the molecule is CS(=O)(=O)c1ccc(-c2ccc3c(NCCC4CC4)c(C#N)nnc3c2)cc1. The summed E-state index contributed by atoms with van der Waals surface area (Å²) in [6.07, 6.45) is 4.88. The molecular formula is C21H20N4O2S. The van der Waals surface area contributed by atoms with E-state index < -0.39 is 9.84 Å². The van der Waals surface area contributed by atoms with Crippen molar-refractivity contribution in [1.82, 2.24) is 10.2 Å². The molecule has 1 aliphatic carbocycles. The number of nitrogens with one attached hydrogen (secondary N) is 1. The maximum Gasteiger partial charge on any atom is 0.186 e. The normalized spacial score (nSPS) is 14.0. The first-order valence-electron chi connectivity index (χ1n) is 9.20. The fourth-order valence-electron chi connectivity index (χ4n) is 3.25. The highest BCUT2D eigenvalue weighted by atomic mass is 32.2. The smallest absolute Gasteiger partial charge is 0.186 e. The second-order valence-corrected chi connectivity index (χ2v) is 9.24. The molecule has 1 heterocycles. The molecule has 0 amide bonds. The molecule has 1 aromatic heterocycles. The van der Waals surface area contributed by atoms with Gasteiger partial charge in [-0.2, -0.15) is 5.26 Å². The van der Waals surface area contributed by atoms with E-state index in [1.54, 1.807) is 24.3 Å². The number of aromatic nitrogens is 2. The van der Waals surface area contributed by atoms with Crippen LogP contribution in [0.1, 0.15) is 25.0 Å². The van der Waals surface area contributed by atoms with Gasteiger partial charge in [-0.15, -0.1) is 10.2 Å². The summed E-state index contributed by atoms with van der Waals surface area (Å²) in [5.74, 6) is 0.806. The first-order chi connectivity index (χ1) is 13.5. The van der Waals surface area contributed by atoms with Crippen molar-refractivity contribution in [2.45, 2.75) is 24.2 Å². The molecule has 1 fully saturated rings. The fourth-order valence-corrected chi connectivity index (χ4v) is 3.88. The van der Waals surface area contributed by atoms with Gasteiger partial charge in [-0.05, 0) is 47.7 Å². The van der Waals surface area contributed by atoms with Crippen molar-refractivity contribution in [3.63, 3.8) is 0 Å². The number of rotatable bonds is 6. The third-order valence-corrected chi connectivity index (χ3v) is 6.16. The third-order valence-electron chi connectivity index (χ3n) is 5.03. The number of sulfone groups is 1. The predicted octanol–water partition coefficient (Wildman–Crippen LogP) is 3.78. The third kappa shape index (κ3) is 3.82. The Balaban J connectivity index is 1.68. The Bertz CT molecular complexity index is 1180. The number of hydrogen-bond donors (Lipinski definition) is 1. The van der Waals surface area contributed by atoms with E-state index in [4.69, 9.17) is 0 Å². The van der Waals surface area contributed by atoms with Crippen molar-refractivity contribution in [3.8, 4) is 17.2 Å². The summed E-state index contributed by atoms with van der Waals surface area (Å²) in [5, 5.41) is 21.9. The Kier molecular flexibility index (Phi) is 4.73. The molecule has 0 radical (unpaired) electrons. The second-order valence-electron chi connectivity index (χ2n) is 7.22. The standard InChI is InChI=1S/C21H20N4O2S/c1-28(26,27)17-7-4-15(5-8-17)16-6-9-18-19(12-16)24-25-20(13-22)21(18)23-11-10-14-2-3-14/h4-9,12,14H,2-3,10-11H2,1H3,(H,23,24). The topological polar surface area (TPSA) is 95.7 Å². The summed E-state index contributed by atoms with van der Waals surface area (Å²) in [6.45, 7) is 0.814. The Morgan fingerprint density at radius 3 is 2.46 bits per heavy atom. The van der Waals surface area contributed by atoms with Gasteiger partial charge in [-0.25, -0.2) is 8.42 Å². The number of nitrogens with zero attached hydrogens (tertiary/aromatic N) is 3. The van der Waals surface area contributed by atoms with Crippen LogP contribution in [-0.2, 0) is 9.84 Å². The number of benzene rings is 2. The highest BCUT2D eigenvalue weighted by molar-refractivity contribution is 7.90. The Hall–Kier alpha value is -2.98. The quantitative estimate of drug-likeness (QED) is 0.686. The van der Waals surface area contributed by atoms with Gasteiger partial charge in [-0.1, -0.05) is 31.0 Å². The molecule has 6 nitrogen and oxygen atoms in total. The first-order valence-corrected chi connectivity index (χ1v) is 11.1. The van der Waals surface area contributed by atoms with Crippen molar-refractivity contribution in [3.05, 3.63) is 48.2 Å². The number of fused-ring (bicyclic) bond motifs is 1. The summed E-state index contributed by atoms with van der Waals surface area (Å²) in [4.78, 5) is 0.289. The number of nitriles is 1. The lowest BCUT2D eigenvalue weighted by Gasteiger charge is -2.11. The summed E-state index contributed by atoms with van der Waals surface area (Å²) in [5.41, 5.74) is 3.53. The molecule has 0 saturated heterocycles. The fraction of sp³-hybridized carbons (Fsp3) is 0.286. The van der Waals surface area contributed by atoms with Crippen molar-refractivity contribution in [2.24, 2.45) is 5.92 Å². The molecule has 1 N–H and O–H groups in total. The van der Waals surface area contributed by atoms with E-state index >= 15 is 0 Å². The number of anilines is 1. The van der Waals surface area contributed by atoms with Crippen LogP contribution in [0.5, 0.6) is 0 Å². The van der Waals surface area contributed by atoms with Gasteiger partial charge in [0.25, 0.3) is 0 Å². The van der Waals surface area contributed by atoms with Crippen LogP contribution in [0.2, 0.25) is 0 Å². The van der Waals surface area contributed by atoms with Gasteiger partial charge in [-0.3, -0.25) is 0 Å². The van der Waals surface area contributed by atoms with Crippen LogP contribution in [0.3, 0.4) is 0 Å². The Morgan fingerprint density at radius 2 is 1.82 bits per heavy atom. The van der Waals surface area contributed by atoms with E-state index in [2.05, 4.69) is 21.6 Å². The minimum Gasteiger partial charge on any atom is -0.382 e. The first kappa shape index (κ1) is 18.4. The van der Waals surface area contributed by atoms with Gasteiger partial charge < -0.3 is 5.32 Å². The van der Waals surface area contributed by atoms with E-state index in [1.165, 1.54) is 19.1 Å². The summed E-state index contributed by atoms with van der Waals surface area (Å²) in [6, 6.07) is 14.7. The van der Waals surface area contributed by atoms with Gasteiger partial charge in [0.1, 0.15) is 6.07 Å². The van der Waals surface area contributed by atoms with Crippen LogP contribution in [0, 0.1) is 17.2 Å². The highest BCUT2D eigenvalue weighted by Gasteiger charge is 2.21. The average molecular weight is 392 g/mol. The molecule has 0 atom stereocenters. The lowest BCUT2D eigenvalue weighted by atomic mass is 10.0. The lowest BCUT2D eigenvalue weighted by molar-refractivity contribution is 0.602. The van der Waals surface area contributed by atoms with Gasteiger partial charge in [0.05, 0.1) is 16.1 Å². The zero-order valence-corrected chi connectivity index (χ0v) is 16.3. The van der Waals surface area contributed by atoms with Crippen molar-refractivity contribution >= 4 is 26.4 Å². The van der Waals surface area contributed by atoms with Crippen LogP contribution < -0.4 is 5.32 Å².